The first-order valence-electron chi connectivity index (χ1n) is 7.44. The van der Waals surface area contributed by atoms with Crippen molar-refractivity contribution in [3.8, 4) is 0 Å². The maximum atomic E-state index is 13.5. The molecule has 1 nitrogen and oxygen atoms in total. The highest BCUT2D eigenvalue weighted by molar-refractivity contribution is 6.30. The van der Waals surface area contributed by atoms with Crippen LogP contribution in [0.4, 0.5) is 4.39 Å². The summed E-state index contributed by atoms with van der Waals surface area (Å²) in [6.45, 7) is 0.827. The van der Waals surface area contributed by atoms with Gasteiger partial charge in [-0.15, -0.1) is 0 Å². The fraction of sp³-hybridized carbons (Fsp3) is 0.333. The number of benzene rings is 2. The first kappa shape index (κ1) is 14.6. The predicted molar refractivity (Wildman–Crippen MR) is 85.3 cm³/mol. The zero-order valence-corrected chi connectivity index (χ0v) is 12.6. The Morgan fingerprint density at radius 1 is 1.10 bits per heavy atom. The molecule has 3 rings (SSSR count). The van der Waals surface area contributed by atoms with E-state index < -0.39 is 0 Å². The maximum absolute atomic E-state index is 13.5. The quantitative estimate of drug-likeness (QED) is 0.854. The van der Waals surface area contributed by atoms with Crippen LogP contribution < -0.4 is 5.32 Å². The second-order valence-electron chi connectivity index (χ2n) is 5.72. The highest BCUT2D eigenvalue weighted by Gasteiger charge is 2.29. The molecule has 1 aliphatic carbocycles. The molecule has 0 amide bonds. The van der Waals surface area contributed by atoms with E-state index in [1.807, 2.05) is 24.3 Å². The SMILES string of the molecule is Fc1ccccc1CCNC1CC(c2cccc(Cl)c2)C1. The lowest BCUT2D eigenvalue weighted by Gasteiger charge is -2.36. The van der Waals surface area contributed by atoms with Gasteiger partial charge in [0, 0.05) is 11.1 Å². The Kier molecular flexibility index (Phi) is 4.57. The van der Waals surface area contributed by atoms with E-state index >= 15 is 0 Å². The molecule has 1 saturated carbocycles. The van der Waals surface area contributed by atoms with Crippen molar-refractivity contribution < 1.29 is 4.39 Å². The second-order valence-corrected chi connectivity index (χ2v) is 6.15. The molecule has 0 spiro atoms. The Morgan fingerprint density at radius 2 is 1.90 bits per heavy atom. The molecule has 1 N–H and O–H groups in total. The highest BCUT2D eigenvalue weighted by atomic mass is 35.5. The first-order chi connectivity index (χ1) is 10.2. The van der Waals surface area contributed by atoms with Gasteiger partial charge in [0.1, 0.15) is 5.82 Å². The second kappa shape index (κ2) is 6.59. The zero-order valence-electron chi connectivity index (χ0n) is 11.9. The molecule has 110 valence electrons. The van der Waals surface area contributed by atoms with E-state index in [4.69, 9.17) is 11.6 Å². The van der Waals surface area contributed by atoms with Crippen LogP contribution in [0.2, 0.25) is 5.02 Å². The summed E-state index contributed by atoms with van der Waals surface area (Å²) in [4.78, 5) is 0. The van der Waals surface area contributed by atoms with Crippen molar-refractivity contribution in [2.24, 2.45) is 0 Å². The third kappa shape index (κ3) is 3.63. The minimum atomic E-state index is -0.107. The molecule has 21 heavy (non-hydrogen) atoms. The average molecular weight is 304 g/mol. The van der Waals surface area contributed by atoms with E-state index in [1.54, 1.807) is 6.07 Å². The fourth-order valence-corrected chi connectivity index (χ4v) is 3.13. The first-order valence-corrected chi connectivity index (χ1v) is 7.82. The van der Waals surface area contributed by atoms with Crippen LogP contribution in [0.15, 0.2) is 48.5 Å². The molecule has 0 aromatic heterocycles. The molecule has 2 aromatic carbocycles. The summed E-state index contributed by atoms with van der Waals surface area (Å²) in [7, 11) is 0. The van der Waals surface area contributed by atoms with Gasteiger partial charge in [0.05, 0.1) is 0 Å². The summed E-state index contributed by atoms with van der Waals surface area (Å²) < 4.78 is 13.5. The number of hydrogen-bond acceptors (Lipinski definition) is 1. The fourth-order valence-electron chi connectivity index (χ4n) is 2.93. The Labute approximate surface area is 130 Å². The van der Waals surface area contributed by atoms with E-state index in [-0.39, 0.29) is 5.82 Å². The van der Waals surface area contributed by atoms with Crippen LogP contribution in [-0.2, 0) is 6.42 Å². The Balaban J connectivity index is 1.42. The smallest absolute Gasteiger partial charge is 0.126 e. The lowest BCUT2D eigenvalue weighted by atomic mass is 9.76. The van der Waals surface area contributed by atoms with Gasteiger partial charge in [-0.05, 0) is 61.1 Å². The van der Waals surface area contributed by atoms with Gasteiger partial charge in [-0.3, -0.25) is 0 Å². The van der Waals surface area contributed by atoms with Crippen molar-refractivity contribution in [2.75, 3.05) is 6.54 Å². The standard InChI is InChI=1S/C18H19ClFN/c19-16-6-3-5-14(10-16)15-11-17(12-15)21-9-8-13-4-1-2-7-18(13)20/h1-7,10,15,17,21H,8-9,11-12H2. The highest BCUT2D eigenvalue weighted by Crippen LogP contribution is 2.37. The number of hydrogen-bond donors (Lipinski definition) is 1. The third-order valence-electron chi connectivity index (χ3n) is 4.24. The lowest BCUT2D eigenvalue weighted by molar-refractivity contribution is 0.292. The van der Waals surface area contributed by atoms with Crippen molar-refractivity contribution in [3.63, 3.8) is 0 Å². The summed E-state index contributed by atoms with van der Waals surface area (Å²) in [5, 5.41) is 4.32. The third-order valence-corrected chi connectivity index (χ3v) is 4.48. The molecule has 0 radical (unpaired) electrons. The summed E-state index contributed by atoms with van der Waals surface area (Å²) in [5.41, 5.74) is 2.12. The van der Waals surface area contributed by atoms with Crippen LogP contribution in [0.3, 0.4) is 0 Å². The minimum absolute atomic E-state index is 0.107. The number of halogens is 2. The van der Waals surface area contributed by atoms with Crippen molar-refractivity contribution in [1.29, 1.82) is 0 Å². The monoisotopic (exact) mass is 303 g/mol. The number of rotatable bonds is 5. The van der Waals surface area contributed by atoms with E-state index in [9.17, 15) is 4.39 Å². The van der Waals surface area contributed by atoms with E-state index in [0.717, 1.165) is 36.4 Å². The molecular formula is C18H19ClFN. The van der Waals surface area contributed by atoms with Crippen LogP contribution >= 0.6 is 11.6 Å². The largest absolute Gasteiger partial charge is 0.314 e. The van der Waals surface area contributed by atoms with Crippen molar-refractivity contribution in [1.82, 2.24) is 5.32 Å². The summed E-state index contributed by atoms with van der Waals surface area (Å²) in [5.74, 6) is 0.499. The van der Waals surface area contributed by atoms with E-state index in [2.05, 4.69) is 17.4 Å². The maximum Gasteiger partial charge on any atom is 0.126 e. The lowest BCUT2D eigenvalue weighted by Crippen LogP contribution is -2.41. The van der Waals surface area contributed by atoms with Crippen molar-refractivity contribution in [3.05, 3.63) is 70.5 Å². The van der Waals surface area contributed by atoms with Gasteiger partial charge in [0.2, 0.25) is 0 Å². The van der Waals surface area contributed by atoms with Crippen LogP contribution in [0.1, 0.15) is 29.9 Å². The van der Waals surface area contributed by atoms with Crippen LogP contribution in [0, 0.1) is 5.82 Å². The zero-order chi connectivity index (χ0) is 14.7. The van der Waals surface area contributed by atoms with Crippen molar-refractivity contribution in [2.45, 2.75) is 31.2 Å². The minimum Gasteiger partial charge on any atom is -0.314 e. The molecule has 1 fully saturated rings. The Morgan fingerprint density at radius 3 is 2.67 bits per heavy atom. The molecule has 0 unspecified atom stereocenters. The van der Waals surface area contributed by atoms with Gasteiger partial charge < -0.3 is 5.32 Å². The molecule has 3 heteroatoms. The normalized spacial score (nSPS) is 21.0. The van der Waals surface area contributed by atoms with Crippen molar-refractivity contribution >= 4 is 11.6 Å². The van der Waals surface area contributed by atoms with Gasteiger partial charge in [-0.1, -0.05) is 41.9 Å². The summed E-state index contributed by atoms with van der Waals surface area (Å²) in [6, 6.07) is 15.7. The van der Waals surface area contributed by atoms with Crippen LogP contribution in [0.5, 0.6) is 0 Å². The molecule has 0 heterocycles. The van der Waals surface area contributed by atoms with Gasteiger partial charge in [-0.25, -0.2) is 4.39 Å². The van der Waals surface area contributed by atoms with E-state index in [0.29, 0.717) is 12.0 Å². The van der Waals surface area contributed by atoms with E-state index in [1.165, 1.54) is 11.6 Å². The number of nitrogens with one attached hydrogen (secondary N) is 1. The molecule has 0 bridgehead atoms. The van der Waals surface area contributed by atoms with Gasteiger partial charge >= 0.3 is 0 Å². The van der Waals surface area contributed by atoms with Crippen LogP contribution in [-0.4, -0.2) is 12.6 Å². The average Bonchev–Trinajstić information content (AvgIpc) is 2.43. The molecule has 1 aliphatic rings. The predicted octanol–water partition coefficient (Wildman–Crippen LogP) is 4.56. The van der Waals surface area contributed by atoms with Crippen LogP contribution in [0.25, 0.3) is 0 Å². The molecule has 0 aliphatic heterocycles. The summed E-state index contributed by atoms with van der Waals surface area (Å²) in [6.07, 6.45) is 3.01. The van der Waals surface area contributed by atoms with Gasteiger partial charge in [0.15, 0.2) is 0 Å². The Bertz CT molecular complexity index is 608. The Hall–Kier alpha value is -1.38. The molecule has 0 saturated heterocycles. The summed E-state index contributed by atoms with van der Waals surface area (Å²) >= 11 is 6.02. The van der Waals surface area contributed by atoms with Gasteiger partial charge in [0.25, 0.3) is 0 Å². The molecular weight excluding hydrogens is 285 g/mol. The van der Waals surface area contributed by atoms with Gasteiger partial charge in [-0.2, -0.15) is 0 Å². The molecule has 2 aromatic rings. The topological polar surface area (TPSA) is 12.0 Å². The molecule has 0 atom stereocenters.